The van der Waals surface area contributed by atoms with E-state index < -0.39 is 92.3 Å². The molecular formula is C34H47FN6O9S. The van der Waals surface area contributed by atoms with E-state index in [1.165, 1.54) is 17.0 Å². The second-order valence-electron chi connectivity index (χ2n) is 14.7. The number of ether oxygens (including phenoxy) is 2. The molecule has 2 aliphatic heterocycles. The molecule has 1 saturated heterocycles. The number of rotatable bonds is 7. The van der Waals surface area contributed by atoms with Gasteiger partial charge in [-0.3, -0.25) is 24.1 Å². The molecule has 2 aliphatic carbocycles. The van der Waals surface area contributed by atoms with Crippen LogP contribution in [0.3, 0.4) is 0 Å². The van der Waals surface area contributed by atoms with Gasteiger partial charge in [0, 0.05) is 12.3 Å². The summed E-state index contributed by atoms with van der Waals surface area (Å²) >= 11 is 0. The van der Waals surface area contributed by atoms with Gasteiger partial charge < -0.3 is 30.3 Å². The SMILES string of the molecule is C[C@H](NC(=O)O[C@@H]1C[C@H]2C(=O)N[C@]3(C(=O)NS(=O)(=O)C4CC4)C[C@H]3C=CCCCCC[C@H](NC(=O)OC(C)(C)C)C(=O)N2C1)c1ccc(F)cn1. The quantitative estimate of drug-likeness (QED) is 0.302. The number of carbonyl (C=O) groups excluding carboxylic acids is 5. The Balaban J connectivity index is 1.39. The van der Waals surface area contributed by atoms with Crippen LogP contribution in [0.1, 0.15) is 97.2 Å². The molecule has 17 heteroatoms. The molecule has 51 heavy (non-hydrogen) atoms. The molecule has 4 aliphatic rings. The van der Waals surface area contributed by atoms with Crippen molar-refractivity contribution < 1.29 is 46.3 Å². The summed E-state index contributed by atoms with van der Waals surface area (Å²) in [5.41, 5.74) is -2.03. The summed E-state index contributed by atoms with van der Waals surface area (Å²) in [4.78, 5) is 72.9. The smallest absolute Gasteiger partial charge is 0.408 e. The van der Waals surface area contributed by atoms with Gasteiger partial charge in [-0.15, -0.1) is 0 Å². The lowest BCUT2D eigenvalue weighted by molar-refractivity contribution is -0.141. The lowest BCUT2D eigenvalue weighted by atomic mass is 10.0. The molecule has 15 nitrogen and oxygen atoms in total. The van der Waals surface area contributed by atoms with E-state index >= 15 is 0 Å². The molecule has 6 atom stereocenters. The number of hydrogen-bond acceptors (Lipinski definition) is 10. The van der Waals surface area contributed by atoms with Crippen molar-refractivity contribution in [3.05, 3.63) is 42.0 Å². The molecule has 3 heterocycles. The number of halogens is 1. The van der Waals surface area contributed by atoms with E-state index in [2.05, 4.69) is 25.7 Å². The summed E-state index contributed by atoms with van der Waals surface area (Å²) in [7, 11) is -3.92. The zero-order valence-electron chi connectivity index (χ0n) is 29.3. The summed E-state index contributed by atoms with van der Waals surface area (Å²) in [5, 5.41) is 7.37. The first-order valence-corrected chi connectivity index (χ1v) is 19.0. The van der Waals surface area contributed by atoms with Crippen molar-refractivity contribution >= 4 is 39.9 Å². The van der Waals surface area contributed by atoms with Crippen molar-refractivity contribution in [2.24, 2.45) is 5.92 Å². The Bertz CT molecular complexity index is 1650. The van der Waals surface area contributed by atoms with E-state index in [-0.39, 0.29) is 25.8 Å². The van der Waals surface area contributed by atoms with Gasteiger partial charge in [0.2, 0.25) is 21.8 Å². The fourth-order valence-corrected chi connectivity index (χ4v) is 7.74. The first kappa shape index (κ1) is 38.0. The van der Waals surface area contributed by atoms with Gasteiger partial charge in [0.05, 0.1) is 29.7 Å². The second kappa shape index (κ2) is 15.1. The molecule has 0 spiro atoms. The number of hydrogen-bond donors (Lipinski definition) is 4. The van der Waals surface area contributed by atoms with Gasteiger partial charge in [-0.25, -0.2) is 22.4 Å². The van der Waals surface area contributed by atoms with Crippen LogP contribution >= 0.6 is 0 Å². The minimum atomic E-state index is -3.92. The lowest BCUT2D eigenvalue weighted by Crippen LogP contribution is -2.58. The van der Waals surface area contributed by atoms with Gasteiger partial charge in [0.25, 0.3) is 5.91 Å². The van der Waals surface area contributed by atoms with Gasteiger partial charge in [0.15, 0.2) is 0 Å². The maximum atomic E-state index is 14.2. The molecule has 3 fully saturated rings. The number of allylic oxidation sites excluding steroid dienone is 1. The molecule has 0 radical (unpaired) electrons. The number of alkyl carbamates (subject to hydrolysis) is 2. The predicted molar refractivity (Wildman–Crippen MR) is 181 cm³/mol. The van der Waals surface area contributed by atoms with Crippen LogP contribution in [-0.2, 0) is 33.9 Å². The lowest BCUT2D eigenvalue weighted by Gasteiger charge is -2.30. The monoisotopic (exact) mass is 734 g/mol. The molecule has 5 rings (SSSR count). The van der Waals surface area contributed by atoms with E-state index in [1.54, 1.807) is 33.8 Å². The molecule has 0 unspecified atom stereocenters. The number of amides is 5. The van der Waals surface area contributed by atoms with E-state index in [4.69, 9.17) is 9.47 Å². The van der Waals surface area contributed by atoms with Crippen LogP contribution in [0.15, 0.2) is 30.5 Å². The first-order chi connectivity index (χ1) is 24.0. The third-order valence-corrected chi connectivity index (χ3v) is 11.2. The van der Waals surface area contributed by atoms with Crippen molar-refractivity contribution in [1.82, 2.24) is 30.6 Å². The number of pyridine rings is 1. The third kappa shape index (κ3) is 9.74. The fourth-order valence-electron chi connectivity index (χ4n) is 6.38. The van der Waals surface area contributed by atoms with Gasteiger partial charge in [0.1, 0.15) is 35.1 Å². The van der Waals surface area contributed by atoms with Crippen molar-refractivity contribution in [1.29, 1.82) is 0 Å². The third-order valence-electron chi connectivity index (χ3n) is 9.34. The largest absolute Gasteiger partial charge is 0.444 e. The molecule has 1 aromatic rings. The van der Waals surface area contributed by atoms with Crippen LogP contribution in [0.2, 0.25) is 0 Å². The number of sulfonamides is 1. The summed E-state index contributed by atoms with van der Waals surface area (Å²) in [6, 6.07) is -0.371. The zero-order chi connectivity index (χ0) is 37.1. The number of aromatic nitrogens is 1. The van der Waals surface area contributed by atoms with Crippen molar-refractivity contribution in [3.63, 3.8) is 0 Å². The van der Waals surface area contributed by atoms with Gasteiger partial charge in [-0.2, -0.15) is 0 Å². The minimum Gasteiger partial charge on any atom is -0.444 e. The summed E-state index contributed by atoms with van der Waals surface area (Å²) in [6.07, 6.45) is 5.89. The number of fused-ring (bicyclic) bond motifs is 2. The van der Waals surface area contributed by atoms with Crippen LogP contribution in [-0.4, -0.2) is 89.3 Å². The Morgan fingerprint density at radius 1 is 1.10 bits per heavy atom. The minimum absolute atomic E-state index is 0.147. The Hall–Kier alpha value is -4.28. The summed E-state index contributed by atoms with van der Waals surface area (Å²) < 4.78 is 52.0. The Labute approximate surface area is 296 Å². The van der Waals surface area contributed by atoms with Gasteiger partial charge >= 0.3 is 12.2 Å². The van der Waals surface area contributed by atoms with Crippen LogP contribution < -0.4 is 20.7 Å². The van der Waals surface area contributed by atoms with E-state index in [9.17, 15) is 36.8 Å². The average molecular weight is 735 g/mol. The Morgan fingerprint density at radius 2 is 1.84 bits per heavy atom. The average Bonchev–Trinajstić information content (AvgIpc) is 3.96. The molecule has 0 aromatic carbocycles. The molecule has 5 amide bonds. The highest BCUT2D eigenvalue weighted by Gasteiger charge is 2.62. The molecular weight excluding hydrogens is 687 g/mol. The molecule has 1 aromatic heterocycles. The molecule has 0 bridgehead atoms. The zero-order valence-corrected chi connectivity index (χ0v) is 30.1. The van der Waals surface area contributed by atoms with Crippen molar-refractivity contribution in [2.45, 2.75) is 126 Å². The topological polar surface area (TPSA) is 202 Å². The normalized spacial score (nSPS) is 27.7. The molecule has 2 saturated carbocycles. The highest BCUT2D eigenvalue weighted by molar-refractivity contribution is 7.91. The van der Waals surface area contributed by atoms with E-state index in [1.807, 2.05) is 6.08 Å². The van der Waals surface area contributed by atoms with Crippen LogP contribution in [0.5, 0.6) is 0 Å². The first-order valence-electron chi connectivity index (χ1n) is 17.4. The van der Waals surface area contributed by atoms with Gasteiger partial charge in [-0.1, -0.05) is 25.0 Å². The highest BCUT2D eigenvalue weighted by Crippen LogP contribution is 2.46. The maximum absolute atomic E-state index is 14.2. The second-order valence-corrected chi connectivity index (χ2v) is 16.7. The van der Waals surface area contributed by atoms with Crippen LogP contribution in [0, 0.1) is 11.7 Å². The standard InChI is InChI=1S/C34H47FN6O9S/c1-20(25-15-12-22(35)18-36-25)37-31(45)49-23-16-27-28(42)39-34(30(44)40-51(47,48)24-13-14-24)17-21(34)10-8-6-5-7-9-11-26(29(43)41(27)19-23)38-32(46)50-33(2,3)4/h8,10,12,15,18,20-21,23-24,26-27H,5-7,9,11,13-14,16-17,19H2,1-4H3,(H,37,45)(H,38,46)(H,39,42)(H,40,44)/t20-,21+,23+,26-,27-,34+/m0/s1. The fraction of sp³-hybridized carbons (Fsp3) is 0.647. The van der Waals surface area contributed by atoms with Gasteiger partial charge in [-0.05, 0) is 78.4 Å². The number of nitrogens with one attached hydrogen (secondary N) is 4. The number of nitrogens with zero attached hydrogens (tertiary/aromatic N) is 2. The van der Waals surface area contributed by atoms with E-state index in [0.717, 1.165) is 12.6 Å². The van der Waals surface area contributed by atoms with Crippen LogP contribution in [0.4, 0.5) is 14.0 Å². The summed E-state index contributed by atoms with van der Waals surface area (Å²) in [5.74, 6) is -3.21. The summed E-state index contributed by atoms with van der Waals surface area (Å²) in [6.45, 7) is 6.47. The maximum Gasteiger partial charge on any atom is 0.408 e. The predicted octanol–water partition coefficient (Wildman–Crippen LogP) is 2.87. The molecule has 4 N–H and O–H groups in total. The van der Waals surface area contributed by atoms with E-state index in [0.29, 0.717) is 37.8 Å². The Morgan fingerprint density at radius 3 is 2.51 bits per heavy atom. The Kier molecular flexibility index (Phi) is 11.3. The van der Waals surface area contributed by atoms with Crippen LogP contribution in [0.25, 0.3) is 0 Å². The van der Waals surface area contributed by atoms with Crippen molar-refractivity contribution in [3.8, 4) is 0 Å². The van der Waals surface area contributed by atoms with Crippen molar-refractivity contribution in [2.75, 3.05) is 6.54 Å². The highest BCUT2D eigenvalue weighted by atomic mass is 32.2. The molecule has 280 valence electrons. The number of carbonyl (C=O) groups is 5.